The highest BCUT2D eigenvalue weighted by atomic mass is 19.4. The number of aromatic amines is 1. The topological polar surface area (TPSA) is 61.0 Å². The van der Waals surface area contributed by atoms with Gasteiger partial charge >= 0.3 is 12.1 Å². The maximum Gasteiger partial charge on any atom is 0.473 e. The second kappa shape index (κ2) is 5.01. The Morgan fingerprint density at radius 3 is 2.42 bits per heavy atom. The maximum atomic E-state index is 12.6. The molecule has 2 rings (SSSR count). The van der Waals surface area contributed by atoms with Gasteiger partial charge in [0.25, 0.3) is 0 Å². The van der Waals surface area contributed by atoms with Gasteiger partial charge in [0, 0.05) is 6.07 Å². The van der Waals surface area contributed by atoms with Crippen LogP contribution in [-0.2, 0) is 4.79 Å². The third-order valence-corrected chi connectivity index (χ3v) is 2.19. The molecule has 0 aliphatic carbocycles. The van der Waals surface area contributed by atoms with E-state index >= 15 is 0 Å². The van der Waals surface area contributed by atoms with E-state index in [0.717, 1.165) is 0 Å². The van der Waals surface area contributed by atoms with E-state index in [1.54, 1.807) is 6.07 Å². The normalized spacial score (nSPS) is 11.1. The second-order valence-electron chi connectivity index (χ2n) is 3.56. The van der Waals surface area contributed by atoms with Crippen LogP contribution in [-0.4, -0.2) is 22.3 Å². The number of carbonyl (C=O) groups is 1. The van der Waals surface area contributed by atoms with E-state index in [0.29, 0.717) is 5.01 Å². The van der Waals surface area contributed by atoms with Gasteiger partial charge in [0.2, 0.25) is 0 Å². The summed E-state index contributed by atoms with van der Waals surface area (Å²) in [7, 11) is 0. The highest BCUT2D eigenvalue weighted by Gasteiger charge is 2.43. The van der Waals surface area contributed by atoms with Gasteiger partial charge in [-0.3, -0.25) is 15.3 Å². The molecule has 0 radical (unpaired) electrons. The number of anilines is 2. The Labute approximate surface area is 106 Å². The van der Waals surface area contributed by atoms with Gasteiger partial charge in [-0.05, 0) is 12.1 Å². The summed E-state index contributed by atoms with van der Waals surface area (Å²) in [6, 6.07) is 8.86. The molecular formula is C11H9F3N4O. The Bertz CT molecular complexity index is 539. The van der Waals surface area contributed by atoms with Crippen molar-refractivity contribution in [2.75, 3.05) is 10.4 Å². The van der Waals surface area contributed by atoms with Crippen LogP contribution in [0.1, 0.15) is 0 Å². The zero-order valence-electron chi connectivity index (χ0n) is 9.48. The quantitative estimate of drug-likeness (QED) is 0.841. The van der Waals surface area contributed by atoms with E-state index < -0.39 is 12.1 Å². The SMILES string of the molecule is O=C(N(Nc1ccn[nH]1)c1ccccc1)C(F)(F)F. The number of nitrogens with one attached hydrogen (secondary N) is 2. The molecule has 100 valence electrons. The number of aromatic nitrogens is 2. The molecule has 2 N–H and O–H groups in total. The van der Waals surface area contributed by atoms with Crippen LogP contribution in [0.2, 0.25) is 0 Å². The van der Waals surface area contributed by atoms with Gasteiger partial charge in [0.05, 0.1) is 11.9 Å². The van der Waals surface area contributed by atoms with Crippen LogP contribution in [0.3, 0.4) is 0 Å². The highest BCUT2D eigenvalue weighted by Crippen LogP contribution is 2.23. The fourth-order valence-corrected chi connectivity index (χ4v) is 1.38. The van der Waals surface area contributed by atoms with E-state index in [1.165, 1.54) is 36.5 Å². The molecule has 8 heteroatoms. The zero-order valence-corrected chi connectivity index (χ0v) is 9.48. The molecule has 2 aromatic rings. The fourth-order valence-electron chi connectivity index (χ4n) is 1.38. The lowest BCUT2D eigenvalue weighted by molar-refractivity contribution is -0.170. The third kappa shape index (κ3) is 3.03. The summed E-state index contributed by atoms with van der Waals surface area (Å²) >= 11 is 0. The summed E-state index contributed by atoms with van der Waals surface area (Å²) < 4.78 is 37.7. The molecular weight excluding hydrogens is 261 g/mol. The molecule has 0 aliphatic heterocycles. The van der Waals surface area contributed by atoms with Crippen molar-refractivity contribution in [1.82, 2.24) is 10.2 Å². The van der Waals surface area contributed by atoms with Crippen LogP contribution < -0.4 is 10.4 Å². The number of rotatable bonds is 3. The maximum absolute atomic E-state index is 12.6. The van der Waals surface area contributed by atoms with Gasteiger partial charge in [0.1, 0.15) is 5.82 Å². The first-order valence-electron chi connectivity index (χ1n) is 5.21. The number of para-hydroxylation sites is 1. The molecule has 1 amide bonds. The number of hydrazine groups is 1. The molecule has 19 heavy (non-hydrogen) atoms. The van der Waals surface area contributed by atoms with E-state index in [-0.39, 0.29) is 11.5 Å². The average Bonchev–Trinajstić information content (AvgIpc) is 2.88. The molecule has 1 heterocycles. The first kappa shape index (κ1) is 12.9. The van der Waals surface area contributed by atoms with E-state index in [4.69, 9.17) is 0 Å². The number of H-pyrrole nitrogens is 1. The van der Waals surface area contributed by atoms with Crippen molar-refractivity contribution in [3.8, 4) is 0 Å². The molecule has 0 spiro atoms. The first-order valence-corrected chi connectivity index (χ1v) is 5.21. The predicted octanol–water partition coefficient (Wildman–Crippen LogP) is 2.33. The average molecular weight is 270 g/mol. The summed E-state index contributed by atoms with van der Waals surface area (Å²) in [6.45, 7) is 0. The van der Waals surface area contributed by atoms with Crippen molar-refractivity contribution >= 4 is 17.4 Å². The van der Waals surface area contributed by atoms with Crippen LogP contribution in [0.5, 0.6) is 0 Å². The van der Waals surface area contributed by atoms with Crippen LogP contribution in [0.4, 0.5) is 24.7 Å². The predicted molar refractivity (Wildman–Crippen MR) is 62.2 cm³/mol. The molecule has 0 saturated carbocycles. The van der Waals surface area contributed by atoms with Crippen LogP contribution in [0.15, 0.2) is 42.6 Å². The minimum Gasteiger partial charge on any atom is -0.275 e. The number of halogens is 3. The summed E-state index contributed by atoms with van der Waals surface area (Å²) in [5.74, 6) is -1.85. The van der Waals surface area contributed by atoms with Crippen LogP contribution in [0, 0.1) is 0 Å². The zero-order chi connectivity index (χ0) is 13.9. The van der Waals surface area contributed by atoms with Crippen LogP contribution >= 0.6 is 0 Å². The van der Waals surface area contributed by atoms with Gasteiger partial charge in [-0.2, -0.15) is 18.3 Å². The minimum absolute atomic E-state index is 0.0689. The molecule has 0 bridgehead atoms. The lowest BCUT2D eigenvalue weighted by atomic mass is 10.3. The summed E-state index contributed by atoms with van der Waals surface area (Å²) in [4.78, 5) is 11.4. The number of carbonyl (C=O) groups excluding carboxylic acids is 1. The van der Waals surface area contributed by atoms with Gasteiger partial charge in [-0.15, -0.1) is 0 Å². The van der Waals surface area contributed by atoms with Crippen molar-refractivity contribution < 1.29 is 18.0 Å². The van der Waals surface area contributed by atoms with Crippen molar-refractivity contribution in [2.24, 2.45) is 0 Å². The number of benzene rings is 1. The summed E-state index contributed by atoms with van der Waals surface area (Å²) in [5, 5.41) is 6.42. The number of hydrogen-bond donors (Lipinski definition) is 2. The Hall–Kier alpha value is -2.51. The van der Waals surface area contributed by atoms with Crippen molar-refractivity contribution in [3.05, 3.63) is 42.6 Å². The number of alkyl halides is 3. The third-order valence-electron chi connectivity index (χ3n) is 2.19. The smallest absolute Gasteiger partial charge is 0.275 e. The Morgan fingerprint density at radius 2 is 1.89 bits per heavy atom. The molecule has 0 saturated heterocycles. The molecule has 1 aromatic carbocycles. The fraction of sp³-hybridized carbons (Fsp3) is 0.0909. The molecule has 5 nitrogen and oxygen atoms in total. The number of hydrogen-bond acceptors (Lipinski definition) is 3. The largest absolute Gasteiger partial charge is 0.473 e. The van der Waals surface area contributed by atoms with Crippen molar-refractivity contribution in [2.45, 2.75) is 6.18 Å². The summed E-state index contributed by atoms with van der Waals surface area (Å²) in [5.41, 5.74) is 2.40. The van der Waals surface area contributed by atoms with Gasteiger partial charge < -0.3 is 0 Å². The van der Waals surface area contributed by atoms with E-state index in [9.17, 15) is 18.0 Å². The molecule has 0 aliphatic rings. The molecule has 0 atom stereocenters. The Kier molecular flexibility index (Phi) is 3.41. The minimum atomic E-state index is -4.98. The Balaban J connectivity index is 2.31. The van der Waals surface area contributed by atoms with Crippen LogP contribution in [0.25, 0.3) is 0 Å². The second-order valence-corrected chi connectivity index (χ2v) is 3.56. The van der Waals surface area contributed by atoms with E-state index in [1.807, 2.05) is 0 Å². The number of amides is 1. The standard InChI is InChI=1S/C11H9F3N4O/c12-11(13,14)10(19)18(8-4-2-1-3-5-8)17-9-6-7-15-16-9/h1-7H,(H2,15,16,17). The van der Waals surface area contributed by atoms with Crippen molar-refractivity contribution in [1.29, 1.82) is 0 Å². The lowest BCUT2D eigenvalue weighted by Crippen LogP contribution is -2.44. The first-order chi connectivity index (χ1) is 8.98. The molecule has 0 unspecified atom stereocenters. The Morgan fingerprint density at radius 1 is 1.21 bits per heavy atom. The van der Waals surface area contributed by atoms with Gasteiger partial charge in [-0.25, -0.2) is 5.01 Å². The van der Waals surface area contributed by atoms with E-state index in [2.05, 4.69) is 15.6 Å². The van der Waals surface area contributed by atoms with Crippen molar-refractivity contribution in [3.63, 3.8) is 0 Å². The van der Waals surface area contributed by atoms with Gasteiger partial charge in [-0.1, -0.05) is 18.2 Å². The lowest BCUT2D eigenvalue weighted by Gasteiger charge is -2.24. The summed E-state index contributed by atoms with van der Waals surface area (Å²) in [6.07, 6.45) is -3.63. The highest BCUT2D eigenvalue weighted by molar-refractivity contribution is 5.98. The van der Waals surface area contributed by atoms with Gasteiger partial charge in [0.15, 0.2) is 0 Å². The number of nitrogens with zero attached hydrogens (tertiary/aromatic N) is 2. The molecule has 1 aromatic heterocycles. The monoisotopic (exact) mass is 270 g/mol. The molecule has 0 fully saturated rings.